The number of ketones is 1. The van der Waals surface area contributed by atoms with Crippen LogP contribution in [-0.4, -0.2) is 90.8 Å². The highest BCUT2D eigenvalue weighted by Crippen LogP contribution is 2.31. The molecule has 1 aromatic carbocycles. The van der Waals surface area contributed by atoms with Crippen molar-refractivity contribution in [3.63, 3.8) is 0 Å². The first-order chi connectivity index (χ1) is 19.5. The maximum atomic E-state index is 14.2. The molecule has 3 fully saturated rings. The molecule has 3 N–H and O–H groups in total. The molecule has 2 aromatic rings. The number of H-pyrrole nitrogens is 1. The second-order valence-electron chi connectivity index (χ2n) is 11.7. The second-order valence-corrected chi connectivity index (χ2v) is 11.7. The molecule has 1 saturated heterocycles. The minimum absolute atomic E-state index is 0.0596. The fraction of sp³-hybridized carbons (Fsp3) is 0.645. The molecule has 1 atom stereocenters. The van der Waals surface area contributed by atoms with Crippen LogP contribution in [0.3, 0.4) is 0 Å². The van der Waals surface area contributed by atoms with Crippen LogP contribution in [-0.2, 0) is 9.59 Å². The standard InChI is InChI=1S/C31H45N5O4/c1-40-24-12-13-25-26(21-33-27(25)20-24)29(37)31(39)36(19-18-35-16-14-32-15-17-35)28(22-8-4-2-5-9-22)30(38)34-23-10-6-3-7-11-23/h12-13,20-23,28,32-33H,2-11,14-19H2,1H3,(H,34,38). The first-order valence-electron chi connectivity index (χ1n) is 15.3. The van der Waals surface area contributed by atoms with Crippen molar-refractivity contribution < 1.29 is 19.1 Å². The summed E-state index contributed by atoms with van der Waals surface area (Å²) in [5.74, 6) is -0.494. The SMILES string of the molecule is COc1ccc2c(C(=O)C(=O)N(CCN3CCNCC3)C(C(=O)NC3CCCCC3)C3CCCCC3)c[nH]c2c1. The molecule has 40 heavy (non-hydrogen) atoms. The first-order valence-corrected chi connectivity index (χ1v) is 15.3. The number of benzene rings is 1. The highest BCUT2D eigenvalue weighted by Gasteiger charge is 2.40. The Hall–Kier alpha value is -2.91. The van der Waals surface area contributed by atoms with Crippen molar-refractivity contribution in [3.05, 3.63) is 30.0 Å². The van der Waals surface area contributed by atoms with Crippen LogP contribution < -0.4 is 15.4 Å². The van der Waals surface area contributed by atoms with Crippen LogP contribution in [0, 0.1) is 5.92 Å². The number of hydrogen-bond acceptors (Lipinski definition) is 6. The van der Waals surface area contributed by atoms with Crippen LogP contribution in [0.5, 0.6) is 5.75 Å². The van der Waals surface area contributed by atoms with Gasteiger partial charge in [0.25, 0.3) is 11.7 Å². The van der Waals surface area contributed by atoms with E-state index in [9.17, 15) is 14.4 Å². The topological polar surface area (TPSA) is 107 Å². The second kappa shape index (κ2) is 13.6. The number of piperazine rings is 1. The van der Waals surface area contributed by atoms with Gasteiger partial charge in [-0.25, -0.2) is 0 Å². The molecule has 1 aromatic heterocycles. The number of aromatic amines is 1. The summed E-state index contributed by atoms with van der Waals surface area (Å²) in [5.41, 5.74) is 1.08. The first kappa shape index (κ1) is 28.6. The van der Waals surface area contributed by atoms with Crippen LogP contribution in [0.2, 0.25) is 0 Å². The quantitative estimate of drug-likeness (QED) is 0.308. The lowest BCUT2D eigenvalue weighted by molar-refractivity contribution is -0.140. The molecule has 2 saturated carbocycles. The van der Waals surface area contributed by atoms with E-state index in [1.165, 1.54) is 6.42 Å². The Kier molecular flexibility index (Phi) is 9.75. The number of aromatic nitrogens is 1. The summed E-state index contributed by atoms with van der Waals surface area (Å²) in [4.78, 5) is 49.2. The van der Waals surface area contributed by atoms with Gasteiger partial charge in [-0.05, 0) is 43.7 Å². The number of nitrogens with one attached hydrogen (secondary N) is 3. The third-order valence-electron chi connectivity index (χ3n) is 9.11. The number of Topliss-reactive ketones (excluding diaryl/α,β-unsaturated/α-hetero) is 1. The molecule has 1 aliphatic heterocycles. The zero-order valence-corrected chi connectivity index (χ0v) is 23.9. The Morgan fingerprint density at radius 3 is 2.42 bits per heavy atom. The molecule has 0 spiro atoms. The normalized spacial score (nSPS) is 20.2. The van der Waals surface area contributed by atoms with E-state index in [-0.39, 0.29) is 17.9 Å². The molecular formula is C31H45N5O4. The molecule has 2 aliphatic carbocycles. The molecule has 218 valence electrons. The Labute approximate surface area is 237 Å². The van der Waals surface area contributed by atoms with Gasteiger partial charge < -0.3 is 25.3 Å². The lowest BCUT2D eigenvalue weighted by atomic mass is 9.82. The lowest BCUT2D eigenvalue weighted by Gasteiger charge is -2.39. The lowest BCUT2D eigenvalue weighted by Crippen LogP contribution is -2.58. The average molecular weight is 552 g/mol. The minimum atomic E-state index is -0.633. The largest absolute Gasteiger partial charge is 0.497 e. The Balaban J connectivity index is 1.44. The number of ether oxygens (including phenoxy) is 1. The van der Waals surface area contributed by atoms with Gasteiger partial charge in [0.05, 0.1) is 12.7 Å². The van der Waals surface area contributed by atoms with Gasteiger partial charge in [0.2, 0.25) is 5.91 Å². The summed E-state index contributed by atoms with van der Waals surface area (Å²) in [5, 5.41) is 7.37. The number of fused-ring (bicyclic) bond motifs is 1. The monoisotopic (exact) mass is 551 g/mol. The fourth-order valence-corrected chi connectivity index (χ4v) is 6.81. The van der Waals surface area contributed by atoms with Gasteiger partial charge in [0.1, 0.15) is 11.8 Å². The summed E-state index contributed by atoms with van der Waals surface area (Å²) in [7, 11) is 1.60. The smallest absolute Gasteiger partial charge is 0.295 e. The predicted molar refractivity (Wildman–Crippen MR) is 156 cm³/mol. The van der Waals surface area contributed by atoms with E-state index in [1.54, 1.807) is 24.3 Å². The zero-order valence-electron chi connectivity index (χ0n) is 23.9. The van der Waals surface area contributed by atoms with Crippen molar-refractivity contribution in [3.8, 4) is 5.75 Å². The van der Waals surface area contributed by atoms with E-state index in [1.807, 2.05) is 12.1 Å². The molecule has 0 bridgehead atoms. The van der Waals surface area contributed by atoms with Gasteiger partial charge in [-0.3, -0.25) is 19.3 Å². The van der Waals surface area contributed by atoms with Crippen molar-refractivity contribution in [1.29, 1.82) is 0 Å². The molecule has 3 aliphatic rings. The van der Waals surface area contributed by atoms with Gasteiger partial charge in [-0.2, -0.15) is 0 Å². The molecular weight excluding hydrogens is 506 g/mol. The average Bonchev–Trinajstić information content (AvgIpc) is 3.43. The van der Waals surface area contributed by atoms with Gasteiger partial charge in [-0.1, -0.05) is 38.5 Å². The number of methoxy groups -OCH3 is 1. The van der Waals surface area contributed by atoms with Crippen LogP contribution in [0.15, 0.2) is 24.4 Å². The van der Waals surface area contributed by atoms with Gasteiger partial charge in [-0.15, -0.1) is 0 Å². The van der Waals surface area contributed by atoms with E-state index in [2.05, 4.69) is 20.5 Å². The third kappa shape index (κ3) is 6.69. The third-order valence-corrected chi connectivity index (χ3v) is 9.11. The summed E-state index contributed by atoms with van der Waals surface area (Å²) in [6.07, 6.45) is 12.1. The number of nitrogens with zero attached hydrogens (tertiary/aromatic N) is 2. The Morgan fingerprint density at radius 2 is 1.73 bits per heavy atom. The van der Waals surface area contributed by atoms with Gasteiger partial charge >= 0.3 is 0 Å². The van der Waals surface area contributed by atoms with E-state index < -0.39 is 17.7 Å². The molecule has 2 amide bonds. The van der Waals surface area contributed by atoms with E-state index >= 15 is 0 Å². The minimum Gasteiger partial charge on any atom is -0.497 e. The number of hydrogen-bond donors (Lipinski definition) is 3. The molecule has 1 unspecified atom stereocenters. The molecule has 5 rings (SSSR count). The highest BCUT2D eigenvalue weighted by molar-refractivity contribution is 6.45. The van der Waals surface area contributed by atoms with Crippen molar-refractivity contribution in [2.24, 2.45) is 5.92 Å². The number of rotatable bonds is 10. The van der Waals surface area contributed by atoms with Crippen molar-refractivity contribution in [2.75, 3.05) is 46.4 Å². The molecule has 2 heterocycles. The van der Waals surface area contributed by atoms with E-state index in [0.29, 0.717) is 29.8 Å². The summed E-state index contributed by atoms with van der Waals surface area (Å²) < 4.78 is 5.32. The number of carbonyl (C=O) groups excluding carboxylic acids is 3. The molecule has 9 heteroatoms. The number of carbonyl (C=O) groups is 3. The van der Waals surface area contributed by atoms with Crippen LogP contribution in [0.25, 0.3) is 10.9 Å². The van der Waals surface area contributed by atoms with Crippen LogP contribution in [0.1, 0.15) is 74.6 Å². The maximum Gasteiger partial charge on any atom is 0.295 e. The summed E-state index contributed by atoms with van der Waals surface area (Å²) in [6, 6.07) is 4.94. The Morgan fingerprint density at radius 1 is 1.02 bits per heavy atom. The fourth-order valence-electron chi connectivity index (χ4n) is 6.81. The van der Waals surface area contributed by atoms with Crippen molar-refractivity contribution in [2.45, 2.75) is 76.3 Å². The van der Waals surface area contributed by atoms with Crippen molar-refractivity contribution in [1.82, 2.24) is 25.4 Å². The summed E-state index contributed by atoms with van der Waals surface area (Å²) in [6.45, 7) is 4.59. The van der Waals surface area contributed by atoms with E-state index in [0.717, 1.165) is 89.5 Å². The molecule has 9 nitrogen and oxygen atoms in total. The maximum absolute atomic E-state index is 14.2. The van der Waals surface area contributed by atoms with Gasteiger partial charge in [0.15, 0.2) is 0 Å². The predicted octanol–water partition coefficient (Wildman–Crippen LogP) is 3.49. The number of amides is 2. The highest BCUT2D eigenvalue weighted by atomic mass is 16.5. The Bertz CT molecular complexity index is 1160. The zero-order chi connectivity index (χ0) is 27.9. The van der Waals surface area contributed by atoms with Gasteiger partial charge in [0, 0.05) is 68.5 Å². The molecule has 0 radical (unpaired) electrons. The van der Waals surface area contributed by atoms with Crippen LogP contribution in [0.4, 0.5) is 0 Å². The van der Waals surface area contributed by atoms with Crippen LogP contribution >= 0.6 is 0 Å². The summed E-state index contributed by atoms with van der Waals surface area (Å²) >= 11 is 0. The van der Waals surface area contributed by atoms with E-state index in [4.69, 9.17) is 4.74 Å². The van der Waals surface area contributed by atoms with Crippen molar-refractivity contribution >= 4 is 28.5 Å².